The zero-order valence-electron chi connectivity index (χ0n) is 26.7. The first kappa shape index (κ1) is 37.3. The Morgan fingerprint density at radius 3 is 1.66 bits per heavy atom. The van der Waals surface area contributed by atoms with Gasteiger partial charge in [-0.05, 0) is 27.7 Å². The lowest BCUT2D eigenvalue weighted by Crippen LogP contribution is -2.52. The summed E-state index contributed by atoms with van der Waals surface area (Å²) in [6.07, 6.45) is -6.96. The van der Waals surface area contributed by atoms with E-state index in [2.05, 4.69) is 0 Å². The normalized spacial score (nSPS) is 36.1. The fourth-order valence-corrected chi connectivity index (χ4v) is 4.71. The van der Waals surface area contributed by atoms with Crippen molar-refractivity contribution in [3.8, 4) is 0 Å². The Balaban J connectivity index is 1.49. The summed E-state index contributed by atoms with van der Waals surface area (Å²) in [5, 5.41) is 0. The van der Waals surface area contributed by atoms with Crippen molar-refractivity contribution in [2.45, 2.75) is 76.6 Å². The SMILES string of the molecule is CCOC(=O)C1OC2(COCCOC(=O)COCCOC3(COCCO2)OC(C(=O)OCC)C(C2OC(C)O2)O3)OC1C(=O)OCC. The summed E-state index contributed by atoms with van der Waals surface area (Å²) < 4.78 is 83.3. The molecule has 4 aliphatic heterocycles. The van der Waals surface area contributed by atoms with Gasteiger partial charge in [0.2, 0.25) is 0 Å². The van der Waals surface area contributed by atoms with E-state index < -0.39 is 92.6 Å². The molecule has 0 aromatic rings. The van der Waals surface area contributed by atoms with Crippen LogP contribution in [0.25, 0.3) is 0 Å². The Labute approximate surface area is 270 Å². The molecule has 5 atom stereocenters. The first-order chi connectivity index (χ1) is 22.6. The van der Waals surface area contributed by atoms with Crippen molar-refractivity contribution in [3.63, 3.8) is 0 Å². The number of cyclic esters (lactones) is 1. The highest BCUT2D eigenvalue weighted by Gasteiger charge is 2.59. The van der Waals surface area contributed by atoms with Crippen LogP contribution in [-0.2, 0) is 90.2 Å². The maximum atomic E-state index is 12.8. The molecule has 268 valence electrons. The van der Waals surface area contributed by atoms with Crippen LogP contribution in [0.5, 0.6) is 0 Å². The molecule has 0 N–H and O–H groups in total. The number of carbonyl (C=O) groups excluding carboxylic acids is 4. The number of hydrogen-bond donors (Lipinski definition) is 0. The Morgan fingerprint density at radius 2 is 1.13 bits per heavy atom. The van der Waals surface area contributed by atoms with E-state index in [4.69, 9.17) is 71.1 Å². The number of rotatable bonds is 7. The molecule has 2 spiro atoms. The van der Waals surface area contributed by atoms with Crippen LogP contribution in [0, 0.1) is 0 Å². The molecule has 47 heavy (non-hydrogen) atoms. The van der Waals surface area contributed by atoms with E-state index in [1.807, 2.05) is 0 Å². The molecule has 5 unspecified atom stereocenters. The van der Waals surface area contributed by atoms with Crippen LogP contribution in [0.2, 0.25) is 0 Å². The second-order valence-electron chi connectivity index (χ2n) is 10.1. The van der Waals surface area contributed by atoms with Gasteiger partial charge in [0.25, 0.3) is 0 Å². The quantitative estimate of drug-likeness (QED) is 0.231. The van der Waals surface area contributed by atoms with E-state index in [9.17, 15) is 19.2 Å². The van der Waals surface area contributed by atoms with Crippen LogP contribution in [-0.4, -0.2) is 152 Å². The van der Waals surface area contributed by atoms with Gasteiger partial charge >= 0.3 is 35.8 Å². The van der Waals surface area contributed by atoms with Crippen LogP contribution in [0.1, 0.15) is 27.7 Å². The summed E-state index contributed by atoms with van der Waals surface area (Å²) in [6.45, 7) is 4.32. The number of esters is 4. The topological polar surface area (TPSA) is 207 Å². The van der Waals surface area contributed by atoms with Crippen molar-refractivity contribution in [3.05, 3.63) is 0 Å². The summed E-state index contributed by atoms with van der Waals surface area (Å²) in [4.78, 5) is 50.3. The van der Waals surface area contributed by atoms with Gasteiger partial charge in [-0.25, -0.2) is 19.2 Å². The third kappa shape index (κ3) is 9.98. The highest BCUT2D eigenvalue weighted by atomic mass is 16.9. The molecule has 0 aromatic carbocycles. The van der Waals surface area contributed by atoms with Gasteiger partial charge in [-0.2, -0.15) is 0 Å². The van der Waals surface area contributed by atoms with Crippen LogP contribution in [0.15, 0.2) is 0 Å². The van der Waals surface area contributed by atoms with Gasteiger partial charge < -0.3 is 71.1 Å². The fraction of sp³-hybridized carbons (Fsp3) is 0.857. The molecule has 4 rings (SSSR count). The van der Waals surface area contributed by atoms with Crippen molar-refractivity contribution in [2.24, 2.45) is 0 Å². The maximum absolute atomic E-state index is 12.8. The molecule has 4 saturated heterocycles. The molecule has 4 heterocycles. The lowest BCUT2D eigenvalue weighted by Gasteiger charge is -2.37. The summed E-state index contributed by atoms with van der Waals surface area (Å²) >= 11 is 0. The highest BCUT2D eigenvalue weighted by Crippen LogP contribution is 2.37. The van der Waals surface area contributed by atoms with E-state index in [0.29, 0.717) is 0 Å². The summed E-state index contributed by atoms with van der Waals surface area (Å²) in [5.74, 6) is -7.26. The van der Waals surface area contributed by atoms with E-state index in [-0.39, 0.29) is 59.5 Å². The monoisotopic (exact) mass is 682 g/mol. The Hall–Kier alpha value is -2.56. The molecule has 0 amide bonds. The standard InChI is InChI=1S/C28H42O19/c1-5-36-23(30)19-20(24(31)37-6-2)45-27(44-19)15-34-8-11-39-18(29)14-33-9-12-40-28(16-35-10-13-41-27)46-21(25(32)38-7-3)22(47-28)26-42-17(4)43-26/h17,19-22,26H,5-16H2,1-4H3. The van der Waals surface area contributed by atoms with Gasteiger partial charge in [-0.15, -0.1) is 0 Å². The van der Waals surface area contributed by atoms with E-state index >= 15 is 0 Å². The predicted molar refractivity (Wildman–Crippen MR) is 146 cm³/mol. The Morgan fingerprint density at radius 1 is 0.660 bits per heavy atom. The summed E-state index contributed by atoms with van der Waals surface area (Å²) in [6, 6.07) is 0. The smallest absolute Gasteiger partial charge is 0.338 e. The lowest BCUT2D eigenvalue weighted by molar-refractivity contribution is -0.418. The second-order valence-corrected chi connectivity index (χ2v) is 10.1. The van der Waals surface area contributed by atoms with Crippen LogP contribution < -0.4 is 0 Å². The minimum absolute atomic E-state index is 0.00534. The van der Waals surface area contributed by atoms with Crippen molar-refractivity contribution < 1.29 is 90.2 Å². The second kappa shape index (κ2) is 17.7. The van der Waals surface area contributed by atoms with Gasteiger partial charge in [0.05, 0.1) is 52.9 Å². The van der Waals surface area contributed by atoms with Gasteiger partial charge in [-0.1, -0.05) is 0 Å². The predicted octanol–water partition coefficient (Wildman–Crippen LogP) is -1.09. The van der Waals surface area contributed by atoms with Gasteiger partial charge in [-0.3, -0.25) is 0 Å². The zero-order valence-corrected chi connectivity index (χ0v) is 26.7. The Kier molecular flexibility index (Phi) is 14.1. The van der Waals surface area contributed by atoms with Crippen LogP contribution >= 0.6 is 0 Å². The minimum atomic E-state index is -2.10. The molecule has 0 aromatic heterocycles. The molecular formula is C28H42O19. The van der Waals surface area contributed by atoms with Crippen molar-refractivity contribution in [1.29, 1.82) is 0 Å². The number of hydrogen-bond acceptors (Lipinski definition) is 19. The molecule has 0 bridgehead atoms. The summed E-state index contributed by atoms with van der Waals surface area (Å²) in [7, 11) is 0. The summed E-state index contributed by atoms with van der Waals surface area (Å²) in [5.41, 5.74) is 0. The largest absolute Gasteiger partial charge is 0.464 e. The van der Waals surface area contributed by atoms with E-state index in [0.717, 1.165) is 0 Å². The van der Waals surface area contributed by atoms with Crippen LogP contribution in [0.4, 0.5) is 0 Å². The first-order valence-corrected chi connectivity index (χ1v) is 15.3. The number of carbonyl (C=O) groups is 4. The molecule has 0 radical (unpaired) electrons. The first-order valence-electron chi connectivity index (χ1n) is 15.3. The molecule has 4 aliphatic rings. The van der Waals surface area contributed by atoms with Crippen molar-refractivity contribution in [2.75, 3.05) is 79.3 Å². The van der Waals surface area contributed by atoms with Crippen molar-refractivity contribution >= 4 is 23.9 Å². The zero-order chi connectivity index (χ0) is 33.9. The number of ether oxygens (including phenoxy) is 15. The van der Waals surface area contributed by atoms with E-state index in [1.165, 1.54) is 0 Å². The van der Waals surface area contributed by atoms with Crippen molar-refractivity contribution in [1.82, 2.24) is 0 Å². The molecule has 19 heteroatoms. The molecule has 4 fully saturated rings. The van der Waals surface area contributed by atoms with E-state index in [1.54, 1.807) is 27.7 Å². The molecular weight excluding hydrogens is 640 g/mol. The fourth-order valence-electron chi connectivity index (χ4n) is 4.71. The Bertz CT molecular complexity index is 1020. The lowest BCUT2D eigenvalue weighted by atomic mass is 10.2. The molecule has 19 nitrogen and oxygen atoms in total. The highest BCUT2D eigenvalue weighted by molar-refractivity contribution is 5.86. The average Bonchev–Trinajstić information content (AvgIpc) is 3.59. The van der Waals surface area contributed by atoms with Gasteiger partial charge in [0.15, 0.2) is 37.0 Å². The molecule has 0 aliphatic carbocycles. The van der Waals surface area contributed by atoms with Crippen LogP contribution in [0.3, 0.4) is 0 Å². The third-order valence-electron chi connectivity index (χ3n) is 6.65. The third-order valence-corrected chi connectivity index (χ3v) is 6.65. The average molecular weight is 683 g/mol. The maximum Gasteiger partial charge on any atom is 0.338 e. The van der Waals surface area contributed by atoms with Gasteiger partial charge in [0.1, 0.15) is 26.4 Å². The minimum Gasteiger partial charge on any atom is -0.464 e. The van der Waals surface area contributed by atoms with Gasteiger partial charge in [0, 0.05) is 0 Å². The molecule has 0 saturated carbocycles.